The highest BCUT2D eigenvalue weighted by molar-refractivity contribution is 5.91. The fourth-order valence-electron chi connectivity index (χ4n) is 11.3. The lowest BCUT2D eigenvalue weighted by Crippen LogP contribution is -2.55. The first-order valence-corrected chi connectivity index (χ1v) is 19.4. The van der Waals surface area contributed by atoms with Crippen molar-refractivity contribution in [2.45, 2.75) is 37.5 Å². The van der Waals surface area contributed by atoms with E-state index in [1.165, 1.54) is 65.5 Å². The van der Waals surface area contributed by atoms with Gasteiger partial charge in [0, 0.05) is 22.1 Å². The first kappa shape index (κ1) is 31.4. The van der Waals surface area contributed by atoms with E-state index >= 15 is 0 Å². The average molecular weight is 695 g/mol. The molecule has 5 aliphatic carbocycles. The molecule has 0 atom stereocenters. The van der Waals surface area contributed by atoms with Gasteiger partial charge >= 0.3 is 0 Å². The topological polar surface area (TPSA) is 62.5 Å². The largest absolute Gasteiger partial charge is 0.208 e. The van der Waals surface area contributed by atoms with Crippen molar-refractivity contribution < 1.29 is 0 Å². The zero-order valence-electron chi connectivity index (χ0n) is 30.0. The fraction of sp³-hybridized carbons (Fsp3) is 0.200. The molecule has 4 bridgehead atoms. The van der Waals surface area contributed by atoms with Crippen molar-refractivity contribution in [1.29, 1.82) is 5.26 Å². The van der Waals surface area contributed by atoms with Crippen LogP contribution in [0.15, 0.2) is 146 Å². The van der Waals surface area contributed by atoms with Gasteiger partial charge in [-0.25, -0.2) is 15.0 Å². The zero-order valence-corrected chi connectivity index (χ0v) is 30.0. The summed E-state index contributed by atoms with van der Waals surface area (Å²) in [6.45, 7) is 0. The van der Waals surface area contributed by atoms with Crippen molar-refractivity contribution in [3.8, 4) is 73.6 Å². The van der Waals surface area contributed by atoms with E-state index in [1.807, 2.05) is 60.7 Å². The Morgan fingerprint density at radius 2 is 0.944 bits per heavy atom. The minimum Gasteiger partial charge on any atom is -0.208 e. The van der Waals surface area contributed by atoms with Crippen molar-refractivity contribution in [2.24, 2.45) is 23.7 Å². The Hall–Kier alpha value is -6.18. The van der Waals surface area contributed by atoms with E-state index < -0.39 is 0 Å². The maximum absolute atomic E-state index is 10.5. The van der Waals surface area contributed by atoms with Crippen molar-refractivity contribution in [3.63, 3.8) is 0 Å². The number of hydrogen-bond acceptors (Lipinski definition) is 4. The van der Waals surface area contributed by atoms with Gasteiger partial charge in [0.15, 0.2) is 17.5 Å². The van der Waals surface area contributed by atoms with Crippen molar-refractivity contribution in [2.75, 3.05) is 0 Å². The number of benzene rings is 6. The summed E-state index contributed by atoms with van der Waals surface area (Å²) in [4.78, 5) is 14.9. The van der Waals surface area contributed by atoms with Gasteiger partial charge in [-0.05, 0) is 118 Å². The maximum Gasteiger partial charge on any atom is 0.164 e. The van der Waals surface area contributed by atoms with Crippen LogP contribution >= 0.6 is 0 Å². The van der Waals surface area contributed by atoms with Gasteiger partial charge in [0.25, 0.3) is 0 Å². The second-order valence-electron chi connectivity index (χ2n) is 15.9. The molecule has 54 heavy (non-hydrogen) atoms. The van der Waals surface area contributed by atoms with Crippen molar-refractivity contribution in [1.82, 2.24) is 15.0 Å². The molecule has 6 aromatic carbocycles. The summed E-state index contributed by atoms with van der Waals surface area (Å²) >= 11 is 0. The summed E-state index contributed by atoms with van der Waals surface area (Å²) in [6.07, 6.45) is 6.61. The van der Waals surface area contributed by atoms with Gasteiger partial charge in [-0.15, -0.1) is 0 Å². The molecular weight excluding hydrogens is 657 g/mol. The van der Waals surface area contributed by atoms with E-state index in [2.05, 4.69) is 91.0 Å². The first-order valence-electron chi connectivity index (χ1n) is 19.4. The molecule has 5 aliphatic rings. The van der Waals surface area contributed by atoms with Crippen LogP contribution in [0, 0.1) is 35.0 Å². The minimum atomic E-state index is -0.0431. The summed E-state index contributed by atoms with van der Waals surface area (Å²) < 4.78 is 0. The molecule has 7 aromatic rings. The van der Waals surface area contributed by atoms with Crippen LogP contribution < -0.4 is 0 Å². The van der Waals surface area contributed by atoms with Crippen LogP contribution in [-0.4, -0.2) is 15.0 Å². The monoisotopic (exact) mass is 694 g/mol. The van der Waals surface area contributed by atoms with Gasteiger partial charge in [-0.2, -0.15) is 5.26 Å². The van der Waals surface area contributed by atoms with E-state index in [-0.39, 0.29) is 5.41 Å². The fourth-order valence-corrected chi connectivity index (χ4v) is 11.3. The number of nitriles is 1. The number of hydrogen-bond donors (Lipinski definition) is 0. The summed E-state index contributed by atoms with van der Waals surface area (Å²) in [6, 6.07) is 53.9. The van der Waals surface area contributed by atoms with Gasteiger partial charge in [-0.1, -0.05) is 127 Å². The van der Waals surface area contributed by atoms with Gasteiger partial charge in [0.1, 0.15) is 0 Å². The molecule has 0 radical (unpaired) electrons. The van der Waals surface area contributed by atoms with Crippen LogP contribution in [0.4, 0.5) is 0 Å². The Bertz CT molecular complexity index is 2550. The average Bonchev–Trinajstić information content (AvgIpc) is 3.53. The molecule has 0 unspecified atom stereocenters. The van der Waals surface area contributed by atoms with Crippen LogP contribution in [0.5, 0.6) is 0 Å². The molecule has 4 nitrogen and oxygen atoms in total. The summed E-state index contributed by atoms with van der Waals surface area (Å²) in [5.41, 5.74) is 13.7. The Morgan fingerprint density at radius 3 is 1.56 bits per heavy atom. The third-order valence-corrected chi connectivity index (χ3v) is 13.1. The van der Waals surface area contributed by atoms with Crippen LogP contribution in [0.1, 0.15) is 48.8 Å². The van der Waals surface area contributed by atoms with E-state index in [0.29, 0.717) is 29.3 Å². The van der Waals surface area contributed by atoms with Gasteiger partial charge < -0.3 is 0 Å². The third-order valence-electron chi connectivity index (χ3n) is 13.1. The molecule has 12 rings (SSSR count). The number of rotatable bonds is 5. The second kappa shape index (κ2) is 12.2. The molecule has 0 amide bonds. The molecule has 258 valence electrons. The molecule has 1 aromatic heterocycles. The minimum absolute atomic E-state index is 0.0431. The van der Waals surface area contributed by atoms with E-state index in [4.69, 9.17) is 15.0 Å². The number of nitrogens with zero attached hydrogens (tertiary/aromatic N) is 4. The summed E-state index contributed by atoms with van der Waals surface area (Å²) in [5.74, 6) is 4.89. The van der Waals surface area contributed by atoms with Crippen molar-refractivity contribution >= 4 is 0 Å². The molecule has 0 saturated heterocycles. The van der Waals surface area contributed by atoms with Gasteiger partial charge in [0.05, 0.1) is 11.6 Å². The second-order valence-corrected chi connectivity index (χ2v) is 15.9. The highest BCUT2D eigenvalue weighted by atomic mass is 15.0. The molecule has 4 fully saturated rings. The van der Waals surface area contributed by atoms with E-state index in [9.17, 15) is 5.26 Å². The standard InChI is InChI=1S/C50H38N4/c51-30-38-17-10-20-43-44-29-36(21-22-45(44)50(46(38)43)39-24-31-23-32(26-39)27-40(50)25-31)42-19-8-7-18-41(42)35-15-9-16-37(28-35)49-53-47(33-11-3-1-4-12-33)52-48(54-49)34-13-5-2-6-14-34/h1-22,28-29,31-32,39-40H,23-27H2. The molecule has 4 heteroatoms. The van der Waals surface area contributed by atoms with Crippen LogP contribution in [0.2, 0.25) is 0 Å². The zero-order chi connectivity index (χ0) is 35.8. The molecule has 1 heterocycles. The molecule has 0 aliphatic heterocycles. The molecule has 4 saturated carbocycles. The van der Waals surface area contributed by atoms with Crippen LogP contribution in [0.3, 0.4) is 0 Å². The highest BCUT2D eigenvalue weighted by Gasteiger charge is 2.62. The lowest BCUT2D eigenvalue weighted by Gasteiger charge is -2.61. The normalized spacial score (nSPS) is 22.9. The quantitative estimate of drug-likeness (QED) is 0.180. The lowest BCUT2D eigenvalue weighted by molar-refractivity contribution is -0.0400. The van der Waals surface area contributed by atoms with Gasteiger partial charge in [0.2, 0.25) is 0 Å². The summed E-state index contributed by atoms with van der Waals surface area (Å²) in [7, 11) is 0. The highest BCUT2D eigenvalue weighted by Crippen LogP contribution is 2.70. The SMILES string of the molecule is N#Cc1cccc2c1C1(c3ccc(-c4ccccc4-c4cccc(-c5nc(-c6ccccc6)nc(-c6ccccc6)n5)c4)cc3-2)C2CC3CC(C2)CC1C3. The Morgan fingerprint density at radius 1 is 0.444 bits per heavy atom. The predicted octanol–water partition coefficient (Wildman–Crippen LogP) is 11.8. The smallest absolute Gasteiger partial charge is 0.164 e. The van der Waals surface area contributed by atoms with Crippen LogP contribution in [-0.2, 0) is 5.41 Å². The molecule has 0 N–H and O–H groups in total. The predicted molar refractivity (Wildman–Crippen MR) is 215 cm³/mol. The Balaban J connectivity index is 1.03. The maximum atomic E-state index is 10.5. The van der Waals surface area contributed by atoms with Gasteiger partial charge in [-0.3, -0.25) is 0 Å². The number of fused-ring (bicyclic) bond motifs is 3. The van der Waals surface area contributed by atoms with Crippen molar-refractivity contribution in [3.05, 3.63) is 162 Å². The van der Waals surface area contributed by atoms with Crippen LogP contribution in [0.25, 0.3) is 67.5 Å². The number of aromatic nitrogens is 3. The third kappa shape index (κ3) is 4.71. The van der Waals surface area contributed by atoms with E-state index in [0.717, 1.165) is 45.2 Å². The first-order chi connectivity index (χ1) is 26.7. The molecule has 1 spiro atoms. The Labute approximate surface area is 316 Å². The Kier molecular flexibility index (Phi) is 7.07. The molecular formula is C50H38N4. The lowest BCUT2D eigenvalue weighted by atomic mass is 9.43. The summed E-state index contributed by atoms with van der Waals surface area (Å²) in [5, 5.41) is 10.5. The van der Waals surface area contributed by atoms with E-state index in [1.54, 1.807) is 0 Å².